The maximum absolute atomic E-state index is 4.10. The van der Waals surface area contributed by atoms with E-state index in [0.29, 0.717) is 11.6 Å². The lowest BCUT2D eigenvalue weighted by Crippen LogP contribution is -2.24. The molecule has 0 N–H and O–H groups in total. The summed E-state index contributed by atoms with van der Waals surface area (Å²) >= 11 is 0. The SMILES string of the molecule is CN(C=Cc1nnnn1-c1ccccc1)CCN(C)C=Cc1nnnn1-c1ccccc1. The molecule has 0 saturated heterocycles. The molecule has 162 valence electrons. The van der Waals surface area contributed by atoms with Crippen LogP contribution in [0.4, 0.5) is 0 Å². The van der Waals surface area contributed by atoms with Gasteiger partial charge in [0.25, 0.3) is 0 Å². The highest BCUT2D eigenvalue weighted by Crippen LogP contribution is 2.09. The third-order valence-corrected chi connectivity index (χ3v) is 4.75. The Morgan fingerprint density at radius 3 is 1.47 bits per heavy atom. The summed E-state index contributed by atoms with van der Waals surface area (Å²) in [7, 11) is 4.03. The minimum absolute atomic E-state index is 0.670. The van der Waals surface area contributed by atoms with Gasteiger partial charge in [0.2, 0.25) is 0 Å². The van der Waals surface area contributed by atoms with Gasteiger partial charge < -0.3 is 9.80 Å². The van der Waals surface area contributed by atoms with Gasteiger partial charge in [-0.05, 0) is 45.1 Å². The first kappa shape index (κ1) is 20.9. The van der Waals surface area contributed by atoms with Crippen molar-refractivity contribution in [1.82, 2.24) is 50.2 Å². The second-order valence-corrected chi connectivity index (χ2v) is 7.16. The van der Waals surface area contributed by atoms with Crippen LogP contribution < -0.4 is 0 Å². The Morgan fingerprint density at radius 1 is 0.656 bits per heavy atom. The quantitative estimate of drug-likeness (QED) is 0.400. The first-order chi connectivity index (χ1) is 15.7. The predicted molar refractivity (Wildman–Crippen MR) is 122 cm³/mol. The van der Waals surface area contributed by atoms with Crippen molar-refractivity contribution >= 4 is 12.2 Å². The fourth-order valence-electron chi connectivity index (χ4n) is 2.95. The molecule has 0 amide bonds. The van der Waals surface area contributed by atoms with E-state index in [-0.39, 0.29) is 0 Å². The van der Waals surface area contributed by atoms with Crippen molar-refractivity contribution in [1.29, 1.82) is 0 Å². The molecular weight excluding hydrogens is 404 g/mol. The van der Waals surface area contributed by atoms with Crippen LogP contribution in [0.15, 0.2) is 73.1 Å². The molecule has 0 aliphatic rings. The third-order valence-electron chi connectivity index (χ3n) is 4.75. The lowest BCUT2D eigenvalue weighted by atomic mass is 10.3. The van der Waals surface area contributed by atoms with Crippen LogP contribution in [-0.4, -0.2) is 77.4 Å². The molecule has 10 nitrogen and oxygen atoms in total. The Kier molecular flexibility index (Phi) is 6.61. The van der Waals surface area contributed by atoms with Crippen molar-refractivity contribution < 1.29 is 0 Å². The van der Waals surface area contributed by atoms with Gasteiger partial charge in [0.15, 0.2) is 11.6 Å². The van der Waals surface area contributed by atoms with Gasteiger partial charge in [0.1, 0.15) is 0 Å². The number of aromatic nitrogens is 8. The number of hydrogen-bond donors (Lipinski definition) is 0. The standard InChI is InChI=1S/C22H24N10/c1-29(15-13-21-23-25-27-31(21)19-9-5-3-6-10-19)17-18-30(2)16-14-22-24-26-28-32(22)20-11-7-4-8-12-20/h3-16H,17-18H2,1-2H3. The topological polar surface area (TPSA) is 93.7 Å². The molecule has 0 unspecified atom stereocenters. The summed E-state index contributed by atoms with van der Waals surface area (Å²) in [5.41, 5.74) is 1.84. The summed E-state index contributed by atoms with van der Waals surface area (Å²) in [5.74, 6) is 1.34. The Balaban J connectivity index is 1.31. The molecular formula is C22H24N10. The fourth-order valence-corrected chi connectivity index (χ4v) is 2.95. The maximum atomic E-state index is 4.10. The van der Waals surface area contributed by atoms with Crippen molar-refractivity contribution in [2.24, 2.45) is 0 Å². The number of benzene rings is 2. The number of rotatable bonds is 9. The molecule has 0 aliphatic carbocycles. The van der Waals surface area contributed by atoms with Crippen molar-refractivity contribution in [3.63, 3.8) is 0 Å². The lowest BCUT2D eigenvalue weighted by Gasteiger charge is -2.19. The van der Waals surface area contributed by atoms with Gasteiger partial charge in [-0.1, -0.05) is 36.4 Å². The fraction of sp³-hybridized carbons (Fsp3) is 0.182. The molecule has 0 aliphatic heterocycles. The van der Waals surface area contributed by atoms with E-state index in [1.165, 1.54) is 0 Å². The van der Waals surface area contributed by atoms with Crippen LogP contribution in [0.2, 0.25) is 0 Å². The summed E-state index contributed by atoms with van der Waals surface area (Å²) < 4.78 is 3.41. The van der Waals surface area contributed by atoms with E-state index in [0.717, 1.165) is 24.5 Å². The summed E-state index contributed by atoms with van der Waals surface area (Å²) in [6, 6.07) is 19.6. The van der Waals surface area contributed by atoms with E-state index in [9.17, 15) is 0 Å². The number of nitrogens with zero attached hydrogens (tertiary/aromatic N) is 10. The van der Waals surface area contributed by atoms with Crippen LogP contribution >= 0.6 is 0 Å². The zero-order valence-corrected chi connectivity index (χ0v) is 18.0. The molecule has 2 aromatic carbocycles. The second kappa shape index (κ2) is 10.1. The van der Waals surface area contributed by atoms with Crippen LogP contribution in [0.3, 0.4) is 0 Å². The van der Waals surface area contributed by atoms with Gasteiger partial charge in [-0.15, -0.1) is 10.2 Å². The summed E-state index contributed by atoms with van der Waals surface area (Å²) in [6.07, 6.45) is 7.74. The van der Waals surface area contributed by atoms with E-state index in [4.69, 9.17) is 0 Å². The van der Waals surface area contributed by atoms with Gasteiger partial charge in [0, 0.05) is 51.7 Å². The van der Waals surface area contributed by atoms with Gasteiger partial charge in [-0.2, -0.15) is 9.36 Å². The van der Waals surface area contributed by atoms with Crippen LogP contribution in [0.5, 0.6) is 0 Å². The summed E-state index contributed by atoms with van der Waals surface area (Å²) in [4.78, 5) is 4.17. The molecule has 32 heavy (non-hydrogen) atoms. The average Bonchev–Trinajstić information content (AvgIpc) is 3.50. The molecule has 10 heteroatoms. The van der Waals surface area contributed by atoms with E-state index in [2.05, 4.69) is 40.9 Å². The Bertz CT molecular complexity index is 1070. The monoisotopic (exact) mass is 428 g/mol. The lowest BCUT2D eigenvalue weighted by molar-refractivity contribution is 0.367. The first-order valence-corrected chi connectivity index (χ1v) is 10.2. The van der Waals surface area contributed by atoms with Gasteiger partial charge in [-0.3, -0.25) is 0 Å². The van der Waals surface area contributed by atoms with E-state index < -0.39 is 0 Å². The van der Waals surface area contributed by atoms with Crippen LogP contribution in [0.25, 0.3) is 23.5 Å². The molecule has 0 radical (unpaired) electrons. The van der Waals surface area contributed by atoms with Gasteiger partial charge in [-0.25, -0.2) is 0 Å². The average molecular weight is 429 g/mol. The highest BCUT2D eigenvalue weighted by atomic mass is 15.5. The minimum atomic E-state index is 0.670. The molecule has 0 saturated carbocycles. The highest BCUT2D eigenvalue weighted by molar-refractivity contribution is 5.44. The normalized spacial score (nSPS) is 11.4. The van der Waals surface area contributed by atoms with E-state index >= 15 is 0 Å². The highest BCUT2D eigenvalue weighted by Gasteiger charge is 2.06. The Labute approximate surface area is 186 Å². The summed E-state index contributed by atoms with van der Waals surface area (Å²) in [5, 5.41) is 23.9. The second-order valence-electron chi connectivity index (χ2n) is 7.16. The molecule has 0 atom stereocenters. The number of likely N-dealkylation sites (N-methyl/N-ethyl adjacent to an activating group) is 2. The van der Waals surface area contributed by atoms with Crippen molar-refractivity contribution in [2.45, 2.75) is 0 Å². The Hall–Kier alpha value is -4.34. The van der Waals surface area contributed by atoms with Crippen LogP contribution in [0, 0.1) is 0 Å². The van der Waals surface area contributed by atoms with Crippen LogP contribution in [-0.2, 0) is 0 Å². The van der Waals surface area contributed by atoms with Gasteiger partial charge >= 0.3 is 0 Å². The third kappa shape index (κ3) is 5.22. The van der Waals surface area contributed by atoms with E-state index in [1.54, 1.807) is 9.36 Å². The zero-order valence-electron chi connectivity index (χ0n) is 18.0. The first-order valence-electron chi connectivity index (χ1n) is 10.2. The maximum Gasteiger partial charge on any atom is 0.181 e. The number of hydrogen-bond acceptors (Lipinski definition) is 8. The molecule has 0 bridgehead atoms. The molecule has 4 rings (SSSR count). The van der Waals surface area contributed by atoms with E-state index in [1.807, 2.05) is 99.3 Å². The van der Waals surface area contributed by atoms with Crippen LogP contribution in [0.1, 0.15) is 11.6 Å². The number of tetrazole rings is 2. The van der Waals surface area contributed by atoms with Crippen molar-refractivity contribution in [3.05, 3.63) is 84.7 Å². The molecule has 0 fully saturated rings. The van der Waals surface area contributed by atoms with Crippen molar-refractivity contribution in [3.8, 4) is 11.4 Å². The largest absolute Gasteiger partial charge is 0.379 e. The Morgan fingerprint density at radius 2 is 1.06 bits per heavy atom. The predicted octanol–water partition coefficient (Wildman–Crippen LogP) is 2.14. The van der Waals surface area contributed by atoms with Crippen molar-refractivity contribution in [2.75, 3.05) is 27.2 Å². The number of para-hydroxylation sites is 2. The zero-order chi connectivity index (χ0) is 22.2. The summed E-state index contributed by atoms with van der Waals surface area (Å²) in [6.45, 7) is 1.63. The van der Waals surface area contributed by atoms with Gasteiger partial charge in [0.05, 0.1) is 11.4 Å². The molecule has 2 heterocycles. The smallest absolute Gasteiger partial charge is 0.181 e. The minimum Gasteiger partial charge on any atom is -0.379 e. The molecule has 0 spiro atoms. The molecule has 2 aromatic heterocycles. The molecule has 4 aromatic rings.